The fourth-order valence-corrected chi connectivity index (χ4v) is 1.33. The Morgan fingerprint density at radius 2 is 2.18 bits per heavy atom. The molecular weight excluding hydrogens is 162 g/mol. The Morgan fingerprint density at radius 1 is 1.36 bits per heavy atom. The summed E-state index contributed by atoms with van der Waals surface area (Å²) in [7, 11) is 0. The van der Waals surface area contributed by atoms with Crippen molar-refractivity contribution in [1.29, 1.82) is 0 Å². The molecule has 2 rings (SSSR count). The van der Waals surface area contributed by atoms with E-state index in [-0.39, 0.29) is 5.88 Å². The Labute approximate surface area is 68.4 Å². The van der Waals surface area contributed by atoms with Crippen LogP contribution in [0.5, 0.6) is 5.88 Å². The quantitative estimate of drug-likeness (QED) is 0.622. The van der Waals surface area contributed by atoms with Crippen LogP contribution < -0.4 is 0 Å². The van der Waals surface area contributed by atoms with Crippen LogP contribution >= 0.6 is 11.6 Å². The first kappa shape index (κ1) is 6.55. The molecule has 1 heterocycles. The normalized spacial score (nSPS) is 10.6. The van der Waals surface area contributed by atoms with Gasteiger partial charge in [0.25, 0.3) is 0 Å². The highest BCUT2D eigenvalue weighted by molar-refractivity contribution is 6.35. The molecule has 56 valence electrons. The van der Waals surface area contributed by atoms with Crippen molar-refractivity contribution in [2.24, 2.45) is 0 Å². The molecule has 2 N–H and O–H groups in total. The zero-order valence-electron chi connectivity index (χ0n) is 5.63. The summed E-state index contributed by atoms with van der Waals surface area (Å²) in [5, 5.41) is 10.6. The molecule has 0 aliphatic heterocycles. The predicted molar refractivity (Wildman–Crippen MR) is 45.0 cm³/mol. The Morgan fingerprint density at radius 3 is 2.91 bits per heavy atom. The molecule has 0 atom stereocenters. The maximum absolute atomic E-state index is 9.07. The molecular formula is C8H6ClNO. The maximum atomic E-state index is 9.07. The molecule has 1 aromatic heterocycles. The van der Waals surface area contributed by atoms with Gasteiger partial charge in [-0.2, -0.15) is 0 Å². The standard InChI is InChI=1S/C8H6ClNO/c9-6-3-1-2-5-4-7(11)10-8(5)6/h1-4,10-11H. The van der Waals surface area contributed by atoms with Crippen LogP contribution in [0, 0.1) is 0 Å². The van der Waals surface area contributed by atoms with Crippen molar-refractivity contribution >= 4 is 22.5 Å². The summed E-state index contributed by atoms with van der Waals surface area (Å²) >= 11 is 5.83. The van der Waals surface area contributed by atoms with Crippen LogP contribution in [-0.2, 0) is 0 Å². The van der Waals surface area contributed by atoms with E-state index in [0.29, 0.717) is 5.02 Å². The highest BCUT2D eigenvalue weighted by atomic mass is 35.5. The Kier molecular flexibility index (Phi) is 1.29. The van der Waals surface area contributed by atoms with Gasteiger partial charge in [0.2, 0.25) is 0 Å². The van der Waals surface area contributed by atoms with E-state index in [1.807, 2.05) is 12.1 Å². The van der Waals surface area contributed by atoms with Crippen LogP contribution in [0.15, 0.2) is 24.3 Å². The third-order valence-electron chi connectivity index (χ3n) is 1.59. The van der Waals surface area contributed by atoms with Gasteiger partial charge in [-0.1, -0.05) is 23.7 Å². The van der Waals surface area contributed by atoms with Gasteiger partial charge in [0.05, 0.1) is 10.5 Å². The van der Waals surface area contributed by atoms with E-state index in [1.54, 1.807) is 12.1 Å². The minimum Gasteiger partial charge on any atom is -0.495 e. The highest BCUT2D eigenvalue weighted by Crippen LogP contribution is 2.25. The lowest BCUT2D eigenvalue weighted by molar-refractivity contribution is 0.458. The minimum absolute atomic E-state index is 0.146. The van der Waals surface area contributed by atoms with Crippen molar-refractivity contribution in [2.45, 2.75) is 0 Å². The third-order valence-corrected chi connectivity index (χ3v) is 1.91. The van der Waals surface area contributed by atoms with E-state index in [9.17, 15) is 0 Å². The third kappa shape index (κ3) is 0.955. The molecule has 2 aromatic rings. The molecule has 0 amide bonds. The number of fused-ring (bicyclic) bond motifs is 1. The first-order valence-corrected chi connectivity index (χ1v) is 3.61. The molecule has 0 bridgehead atoms. The lowest BCUT2D eigenvalue weighted by Gasteiger charge is -1.90. The summed E-state index contributed by atoms with van der Waals surface area (Å²) in [6.45, 7) is 0. The first-order chi connectivity index (χ1) is 5.27. The summed E-state index contributed by atoms with van der Waals surface area (Å²) in [5.41, 5.74) is 0.784. The summed E-state index contributed by atoms with van der Waals surface area (Å²) in [5.74, 6) is 0.146. The first-order valence-electron chi connectivity index (χ1n) is 3.23. The van der Waals surface area contributed by atoms with Gasteiger partial charge in [0.1, 0.15) is 0 Å². The zero-order valence-corrected chi connectivity index (χ0v) is 6.39. The highest BCUT2D eigenvalue weighted by Gasteiger charge is 2.00. The van der Waals surface area contributed by atoms with E-state index < -0.39 is 0 Å². The topological polar surface area (TPSA) is 36.0 Å². The molecule has 3 heteroatoms. The van der Waals surface area contributed by atoms with Gasteiger partial charge in [0.15, 0.2) is 5.88 Å². The van der Waals surface area contributed by atoms with Crippen LogP contribution in [0.1, 0.15) is 0 Å². The molecule has 1 aromatic carbocycles. The molecule has 11 heavy (non-hydrogen) atoms. The van der Waals surface area contributed by atoms with Gasteiger partial charge in [-0.25, -0.2) is 0 Å². The van der Waals surface area contributed by atoms with Gasteiger partial charge in [-0.15, -0.1) is 0 Å². The van der Waals surface area contributed by atoms with Gasteiger partial charge >= 0.3 is 0 Å². The van der Waals surface area contributed by atoms with Gasteiger partial charge in [-0.3, -0.25) is 0 Å². The average molecular weight is 168 g/mol. The van der Waals surface area contributed by atoms with Crippen molar-refractivity contribution in [2.75, 3.05) is 0 Å². The van der Waals surface area contributed by atoms with E-state index in [2.05, 4.69) is 4.98 Å². The second-order valence-electron chi connectivity index (χ2n) is 2.36. The summed E-state index contributed by atoms with van der Waals surface area (Å²) in [6, 6.07) is 7.15. The number of benzene rings is 1. The van der Waals surface area contributed by atoms with Crippen LogP contribution in [-0.4, -0.2) is 10.1 Å². The van der Waals surface area contributed by atoms with E-state index in [4.69, 9.17) is 16.7 Å². The van der Waals surface area contributed by atoms with Gasteiger partial charge in [0, 0.05) is 11.5 Å². The molecule has 0 saturated heterocycles. The lowest BCUT2D eigenvalue weighted by atomic mass is 10.2. The molecule has 2 nitrogen and oxygen atoms in total. The molecule has 0 aliphatic carbocycles. The number of aromatic nitrogens is 1. The second-order valence-corrected chi connectivity index (χ2v) is 2.77. The SMILES string of the molecule is Oc1cc2cccc(Cl)c2[nH]1. The van der Waals surface area contributed by atoms with Crippen LogP contribution in [0.25, 0.3) is 10.9 Å². The fourth-order valence-electron chi connectivity index (χ4n) is 1.10. The van der Waals surface area contributed by atoms with Gasteiger partial charge < -0.3 is 10.1 Å². The molecule has 0 aliphatic rings. The van der Waals surface area contributed by atoms with Crippen molar-refractivity contribution < 1.29 is 5.11 Å². The van der Waals surface area contributed by atoms with Crippen molar-refractivity contribution in [1.82, 2.24) is 4.98 Å². The molecule has 0 radical (unpaired) electrons. The number of H-pyrrole nitrogens is 1. The second kappa shape index (κ2) is 2.17. The number of halogens is 1. The number of aromatic amines is 1. The largest absolute Gasteiger partial charge is 0.495 e. The average Bonchev–Trinajstić information content (AvgIpc) is 2.31. The molecule has 0 spiro atoms. The fraction of sp³-hybridized carbons (Fsp3) is 0. The smallest absolute Gasteiger partial charge is 0.189 e. The zero-order chi connectivity index (χ0) is 7.84. The summed E-state index contributed by atoms with van der Waals surface area (Å²) in [4.78, 5) is 2.75. The maximum Gasteiger partial charge on any atom is 0.189 e. The van der Waals surface area contributed by atoms with E-state index in [0.717, 1.165) is 10.9 Å². The number of aromatic hydroxyl groups is 1. The Bertz CT molecular complexity index is 394. The van der Waals surface area contributed by atoms with Crippen molar-refractivity contribution in [3.8, 4) is 5.88 Å². The van der Waals surface area contributed by atoms with E-state index in [1.165, 1.54) is 0 Å². The van der Waals surface area contributed by atoms with Crippen molar-refractivity contribution in [3.05, 3.63) is 29.3 Å². The number of nitrogens with one attached hydrogen (secondary N) is 1. The number of rotatable bonds is 0. The van der Waals surface area contributed by atoms with Crippen LogP contribution in [0.3, 0.4) is 0 Å². The van der Waals surface area contributed by atoms with E-state index >= 15 is 0 Å². The lowest BCUT2D eigenvalue weighted by Crippen LogP contribution is -1.67. The van der Waals surface area contributed by atoms with Gasteiger partial charge in [-0.05, 0) is 6.07 Å². The number of hydrogen-bond acceptors (Lipinski definition) is 1. The Balaban J connectivity index is 2.90. The Hall–Kier alpha value is -1.15. The molecule has 0 unspecified atom stereocenters. The minimum atomic E-state index is 0.146. The van der Waals surface area contributed by atoms with Crippen LogP contribution in [0.2, 0.25) is 5.02 Å². The monoisotopic (exact) mass is 167 g/mol. The summed E-state index contributed by atoms with van der Waals surface area (Å²) < 4.78 is 0. The molecule has 0 fully saturated rings. The predicted octanol–water partition coefficient (Wildman–Crippen LogP) is 2.53. The van der Waals surface area contributed by atoms with Crippen LogP contribution in [0.4, 0.5) is 0 Å². The number of hydrogen-bond donors (Lipinski definition) is 2. The number of para-hydroxylation sites is 1. The van der Waals surface area contributed by atoms with Crippen molar-refractivity contribution in [3.63, 3.8) is 0 Å². The molecule has 0 saturated carbocycles. The summed E-state index contributed by atoms with van der Waals surface area (Å²) in [6.07, 6.45) is 0.